The normalized spacial score (nSPS) is 21.4. The van der Waals surface area contributed by atoms with E-state index in [9.17, 15) is 17.2 Å². The van der Waals surface area contributed by atoms with Crippen molar-refractivity contribution in [1.29, 1.82) is 0 Å². The predicted molar refractivity (Wildman–Crippen MR) is 147 cm³/mol. The maximum absolute atomic E-state index is 14.1. The second-order valence-electron chi connectivity index (χ2n) is 10.5. The van der Waals surface area contributed by atoms with Crippen LogP contribution < -0.4 is 15.5 Å². The summed E-state index contributed by atoms with van der Waals surface area (Å²) in [4.78, 5) is 15.7. The van der Waals surface area contributed by atoms with Crippen molar-refractivity contribution in [3.05, 3.63) is 36.2 Å². The van der Waals surface area contributed by atoms with Gasteiger partial charge in [0.05, 0.1) is 30.0 Å². The zero-order valence-corrected chi connectivity index (χ0v) is 23.0. The van der Waals surface area contributed by atoms with Crippen molar-refractivity contribution in [2.75, 3.05) is 48.5 Å². The number of benzene rings is 1. The molecule has 2 aromatic heterocycles. The highest BCUT2D eigenvalue weighted by Gasteiger charge is 2.26. The molecule has 2 fully saturated rings. The highest BCUT2D eigenvalue weighted by Crippen LogP contribution is 2.30. The van der Waals surface area contributed by atoms with Gasteiger partial charge in [0.2, 0.25) is 5.95 Å². The maximum Gasteiger partial charge on any atom is 0.296 e. The van der Waals surface area contributed by atoms with E-state index in [1.54, 1.807) is 30.3 Å². The van der Waals surface area contributed by atoms with Gasteiger partial charge in [-0.15, -0.1) is 0 Å². The summed E-state index contributed by atoms with van der Waals surface area (Å²) in [6.07, 6.45) is 1.93. The van der Waals surface area contributed by atoms with E-state index in [1.165, 1.54) is 10.8 Å². The standard InChI is InChI=1S/C26H35F2N7O3S/c1-17(16-39(2,36)37)29-18-7-9-19(10-8-18)30-26-32-22(34-11-13-38-14-12-34)15-23(33-26)35-21-6-4-3-5-20(21)31-25(35)24(27)28/h3-6,15,17-19,24,29H,7-14,16H2,1-2H3,(H,30,32,33)/t17?,18-,19-. The van der Waals surface area contributed by atoms with Gasteiger partial charge in [0.25, 0.3) is 6.43 Å². The highest BCUT2D eigenvalue weighted by atomic mass is 32.2. The van der Waals surface area contributed by atoms with Crippen molar-refractivity contribution in [2.45, 2.75) is 57.2 Å². The number of halogens is 2. The number of rotatable bonds is 9. The zero-order chi connectivity index (χ0) is 27.6. The first-order valence-electron chi connectivity index (χ1n) is 13.3. The fourth-order valence-electron chi connectivity index (χ4n) is 5.48. The Labute approximate surface area is 227 Å². The lowest BCUT2D eigenvalue weighted by Gasteiger charge is -2.32. The molecule has 2 N–H and O–H groups in total. The minimum Gasteiger partial charge on any atom is -0.378 e. The fourth-order valence-corrected chi connectivity index (χ4v) is 6.48. The molecule has 1 aliphatic carbocycles. The number of hydrogen-bond acceptors (Lipinski definition) is 9. The molecule has 0 spiro atoms. The predicted octanol–water partition coefficient (Wildman–Crippen LogP) is 3.34. The highest BCUT2D eigenvalue weighted by molar-refractivity contribution is 7.90. The van der Waals surface area contributed by atoms with Crippen LogP contribution in [0.15, 0.2) is 30.3 Å². The Morgan fingerprint density at radius 3 is 2.38 bits per heavy atom. The van der Waals surface area contributed by atoms with Crippen molar-refractivity contribution < 1.29 is 21.9 Å². The molecular weight excluding hydrogens is 528 g/mol. The number of anilines is 2. The van der Waals surface area contributed by atoms with Crippen molar-refractivity contribution in [1.82, 2.24) is 24.8 Å². The van der Waals surface area contributed by atoms with E-state index in [2.05, 4.69) is 20.5 Å². The van der Waals surface area contributed by atoms with Gasteiger partial charge in [0, 0.05) is 43.5 Å². The monoisotopic (exact) mass is 563 g/mol. The van der Waals surface area contributed by atoms with Gasteiger partial charge < -0.3 is 20.3 Å². The molecule has 5 rings (SSSR count). The van der Waals surface area contributed by atoms with Gasteiger partial charge in [-0.1, -0.05) is 12.1 Å². The van der Waals surface area contributed by atoms with E-state index >= 15 is 0 Å². The number of nitrogens with one attached hydrogen (secondary N) is 2. The summed E-state index contributed by atoms with van der Waals surface area (Å²) in [6, 6.07) is 9.01. The molecule has 0 bridgehead atoms. The van der Waals surface area contributed by atoms with Gasteiger partial charge in [-0.25, -0.2) is 22.2 Å². The number of alkyl halides is 2. The van der Waals surface area contributed by atoms with Crippen LogP contribution in [-0.4, -0.2) is 84.4 Å². The SMILES string of the molecule is CC(CS(C)(=O)=O)N[C@H]1CC[C@H](Nc2nc(N3CCOCC3)cc(-n3c(C(F)F)nc4ccccc43)n2)CC1. The number of fused-ring (bicyclic) bond motifs is 1. The minimum atomic E-state index is -3.04. The van der Waals surface area contributed by atoms with Crippen LogP contribution in [0.3, 0.4) is 0 Å². The molecule has 0 radical (unpaired) electrons. The number of imidazole rings is 1. The average molecular weight is 564 g/mol. The summed E-state index contributed by atoms with van der Waals surface area (Å²) < 4.78 is 58.3. The summed E-state index contributed by atoms with van der Waals surface area (Å²) in [5, 5.41) is 6.88. The zero-order valence-electron chi connectivity index (χ0n) is 22.2. The Bertz CT molecular complexity index is 1390. The van der Waals surface area contributed by atoms with Gasteiger partial charge in [-0.3, -0.25) is 4.57 Å². The first kappa shape index (κ1) is 27.7. The van der Waals surface area contributed by atoms with Crippen LogP contribution in [0.25, 0.3) is 16.9 Å². The van der Waals surface area contributed by atoms with Crippen LogP contribution in [0.5, 0.6) is 0 Å². The van der Waals surface area contributed by atoms with Crippen molar-refractivity contribution >= 4 is 32.6 Å². The van der Waals surface area contributed by atoms with E-state index in [-0.39, 0.29) is 29.7 Å². The molecular formula is C26H35F2N7O3S. The quantitative estimate of drug-likeness (QED) is 0.405. The Morgan fingerprint density at radius 2 is 1.69 bits per heavy atom. The van der Waals surface area contributed by atoms with E-state index in [0.29, 0.717) is 54.9 Å². The van der Waals surface area contributed by atoms with Crippen LogP contribution in [0.2, 0.25) is 0 Å². The molecule has 0 amide bonds. The third-order valence-electron chi connectivity index (χ3n) is 7.18. The Kier molecular flexibility index (Phi) is 8.29. The van der Waals surface area contributed by atoms with Crippen LogP contribution in [0.1, 0.15) is 44.9 Å². The molecule has 1 saturated carbocycles. The third kappa shape index (κ3) is 6.82. The second-order valence-corrected chi connectivity index (χ2v) is 12.6. The van der Waals surface area contributed by atoms with Gasteiger partial charge >= 0.3 is 0 Å². The molecule has 1 aromatic carbocycles. The lowest BCUT2D eigenvalue weighted by atomic mass is 9.91. The topological polar surface area (TPSA) is 114 Å². The van der Waals surface area contributed by atoms with Crippen LogP contribution in [-0.2, 0) is 14.6 Å². The molecule has 3 aromatic rings. The van der Waals surface area contributed by atoms with Crippen LogP contribution in [0.4, 0.5) is 20.5 Å². The van der Waals surface area contributed by atoms with Gasteiger partial charge in [-0.05, 0) is 44.7 Å². The third-order valence-corrected chi connectivity index (χ3v) is 8.28. The average Bonchev–Trinajstić information content (AvgIpc) is 3.29. The molecule has 10 nitrogen and oxygen atoms in total. The molecule has 1 saturated heterocycles. The van der Waals surface area contributed by atoms with Crippen molar-refractivity contribution in [3.8, 4) is 5.82 Å². The number of morpholine rings is 1. The number of nitrogens with zero attached hydrogens (tertiary/aromatic N) is 5. The smallest absolute Gasteiger partial charge is 0.296 e. The van der Waals surface area contributed by atoms with E-state index in [4.69, 9.17) is 14.7 Å². The first-order chi connectivity index (χ1) is 18.7. The van der Waals surface area contributed by atoms with Crippen molar-refractivity contribution in [2.24, 2.45) is 0 Å². The fraction of sp³-hybridized carbons (Fsp3) is 0.577. The number of aromatic nitrogens is 4. The first-order valence-corrected chi connectivity index (χ1v) is 15.4. The minimum absolute atomic E-state index is 0.107. The van der Waals surface area contributed by atoms with Gasteiger partial charge in [-0.2, -0.15) is 9.97 Å². The lowest BCUT2D eigenvalue weighted by molar-refractivity contribution is 0.122. The Morgan fingerprint density at radius 1 is 1.03 bits per heavy atom. The van der Waals surface area contributed by atoms with Crippen LogP contribution >= 0.6 is 0 Å². The number of para-hydroxylation sites is 2. The Hall–Kier alpha value is -2.90. The summed E-state index contributed by atoms with van der Waals surface area (Å²) in [6.45, 7) is 4.31. The molecule has 3 heterocycles. The maximum atomic E-state index is 14.1. The van der Waals surface area contributed by atoms with Crippen molar-refractivity contribution in [3.63, 3.8) is 0 Å². The van der Waals surface area contributed by atoms with Crippen LogP contribution in [0, 0.1) is 0 Å². The summed E-state index contributed by atoms with van der Waals surface area (Å²) in [5.41, 5.74) is 1.03. The molecule has 2 aliphatic rings. The molecule has 1 aliphatic heterocycles. The molecule has 212 valence electrons. The van der Waals surface area contributed by atoms with E-state index in [0.717, 1.165) is 25.7 Å². The molecule has 1 unspecified atom stereocenters. The number of sulfone groups is 1. The lowest BCUT2D eigenvalue weighted by Crippen LogP contribution is -2.43. The number of ether oxygens (including phenoxy) is 1. The molecule has 39 heavy (non-hydrogen) atoms. The summed E-state index contributed by atoms with van der Waals surface area (Å²) in [5.74, 6) is 1.12. The largest absolute Gasteiger partial charge is 0.378 e. The second kappa shape index (κ2) is 11.7. The van der Waals surface area contributed by atoms with E-state index < -0.39 is 16.3 Å². The number of hydrogen-bond donors (Lipinski definition) is 2. The Balaban J connectivity index is 1.39. The van der Waals surface area contributed by atoms with E-state index in [1.807, 2.05) is 6.92 Å². The summed E-state index contributed by atoms with van der Waals surface area (Å²) in [7, 11) is -3.04. The molecule has 13 heteroatoms. The molecule has 1 atom stereocenters. The summed E-state index contributed by atoms with van der Waals surface area (Å²) >= 11 is 0. The van der Waals surface area contributed by atoms with Gasteiger partial charge in [0.15, 0.2) is 5.82 Å². The van der Waals surface area contributed by atoms with Gasteiger partial charge in [0.1, 0.15) is 21.5 Å².